The minimum atomic E-state index is -0.0732. The van der Waals surface area contributed by atoms with E-state index in [0.29, 0.717) is 19.6 Å². The molecule has 2 aliphatic rings. The van der Waals surface area contributed by atoms with Crippen LogP contribution in [0.15, 0.2) is 0 Å². The molecule has 2 fully saturated rings. The van der Waals surface area contributed by atoms with Crippen molar-refractivity contribution in [2.45, 2.75) is 71.5 Å². The maximum Gasteiger partial charge on any atom is 0.225 e. The van der Waals surface area contributed by atoms with Crippen molar-refractivity contribution >= 4 is 11.8 Å². The van der Waals surface area contributed by atoms with E-state index >= 15 is 0 Å². The van der Waals surface area contributed by atoms with E-state index in [2.05, 4.69) is 19.2 Å². The van der Waals surface area contributed by atoms with Gasteiger partial charge in [-0.3, -0.25) is 9.59 Å². The maximum absolute atomic E-state index is 12.3. The van der Waals surface area contributed by atoms with E-state index in [1.807, 2.05) is 18.7 Å². The minimum Gasteiger partial charge on any atom is -0.371 e. The summed E-state index contributed by atoms with van der Waals surface area (Å²) in [5.41, 5.74) is -0.0732. The van der Waals surface area contributed by atoms with Crippen molar-refractivity contribution in [2.75, 3.05) is 19.6 Å². The Kier molecular flexibility index (Phi) is 6.06. The Morgan fingerprint density at radius 3 is 2.43 bits per heavy atom. The predicted octanol–water partition coefficient (Wildman–Crippen LogP) is 2.34. The third kappa shape index (κ3) is 5.20. The van der Waals surface area contributed by atoms with E-state index in [1.165, 1.54) is 0 Å². The van der Waals surface area contributed by atoms with Gasteiger partial charge in [0.1, 0.15) is 0 Å². The van der Waals surface area contributed by atoms with E-state index in [1.54, 1.807) is 0 Å². The number of nitrogens with zero attached hydrogens (tertiary/aromatic N) is 1. The van der Waals surface area contributed by atoms with Crippen molar-refractivity contribution in [3.8, 4) is 0 Å². The number of rotatable bonds is 4. The van der Waals surface area contributed by atoms with Crippen LogP contribution in [0.5, 0.6) is 0 Å². The van der Waals surface area contributed by atoms with Crippen LogP contribution in [0.25, 0.3) is 0 Å². The number of nitrogens with one attached hydrogen (secondary N) is 1. The van der Waals surface area contributed by atoms with Gasteiger partial charge in [0.2, 0.25) is 11.8 Å². The summed E-state index contributed by atoms with van der Waals surface area (Å²) < 4.78 is 6.02. The topological polar surface area (TPSA) is 58.6 Å². The summed E-state index contributed by atoms with van der Waals surface area (Å²) in [5, 5.41) is 3.06. The van der Waals surface area contributed by atoms with Crippen LogP contribution in [0.4, 0.5) is 0 Å². The van der Waals surface area contributed by atoms with Gasteiger partial charge in [-0.15, -0.1) is 0 Å². The van der Waals surface area contributed by atoms with Crippen LogP contribution < -0.4 is 5.32 Å². The Labute approximate surface area is 140 Å². The highest BCUT2D eigenvalue weighted by atomic mass is 16.5. The number of likely N-dealkylation sites (tertiary alicyclic amines) is 1. The van der Waals surface area contributed by atoms with Crippen molar-refractivity contribution in [3.63, 3.8) is 0 Å². The standard InChI is InChI=1S/C18H32N2O3/c1-13(2)17(22)20-10-7-14(8-11-20)16(21)19-12-15-6-5-9-18(3,4)23-15/h13-15H,5-12H2,1-4H3,(H,19,21). The lowest BCUT2D eigenvalue weighted by atomic mass is 9.94. The van der Waals surface area contributed by atoms with E-state index in [0.717, 1.165) is 32.1 Å². The van der Waals surface area contributed by atoms with Crippen molar-refractivity contribution in [2.24, 2.45) is 11.8 Å². The molecule has 0 aromatic rings. The molecule has 0 spiro atoms. The molecule has 1 N–H and O–H groups in total. The summed E-state index contributed by atoms with van der Waals surface area (Å²) in [6, 6.07) is 0. The molecular formula is C18H32N2O3. The summed E-state index contributed by atoms with van der Waals surface area (Å²) in [6.07, 6.45) is 4.92. The number of hydrogen-bond donors (Lipinski definition) is 1. The molecule has 0 aromatic carbocycles. The monoisotopic (exact) mass is 324 g/mol. The molecule has 0 radical (unpaired) electrons. The molecule has 1 unspecified atom stereocenters. The van der Waals surface area contributed by atoms with E-state index < -0.39 is 0 Å². The molecule has 5 heteroatoms. The molecule has 5 nitrogen and oxygen atoms in total. The molecule has 1 atom stereocenters. The average molecular weight is 324 g/mol. The first kappa shape index (κ1) is 18.2. The van der Waals surface area contributed by atoms with Crippen LogP contribution in [0.2, 0.25) is 0 Å². The largest absolute Gasteiger partial charge is 0.371 e. The van der Waals surface area contributed by atoms with Gasteiger partial charge in [0, 0.05) is 31.5 Å². The fourth-order valence-electron chi connectivity index (χ4n) is 3.55. The molecule has 2 amide bonds. The van der Waals surface area contributed by atoms with Gasteiger partial charge in [-0.2, -0.15) is 0 Å². The number of amides is 2. The van der Waals surface area contributed by atoms with Crippen molar-refractivity contribution < 1.29 is 14.3 Å². The Hall–Kier alpha value is -1.10. The minimum absolute atomic E-state index is 0.0304. The molecule has 132 valence electrons. The molecule has 0 aromatic heterocycles. The van der Waals surface area contributed by atoms with Crippen molar-refractivity contribution in [1.29, 1.82) is 0 Å². The molecule has 2 aliphatic heterocycles. The lowest BCUT2D eigenvalue weighted by Crippen LogP contribution is -2.47. The number of hydrogen-bond acceptors (Lipinski definition) is 3. The van der Waals surface area contributed by atoms with Crippen LogP contribution in [0.1, 0.15) is 59.8 Å². The molecule has 0 saturated carbocycles. The summed E-state index contributed by atoms with van der Waals surface area (Å²) in [7, 11) is 0. The average Bonchev–Trinajstić information content (AvgIpc) is 2.51. The van der Waals surface area contributed by atoms with Gasteiger partial charge in [-0.25, -0.2) is 0 Å². The fraction of sp³-hybridized carbons (Fsp3) is 0.889. The van der Waals surface area contributed by atoms with Crippen molar-refractivity contribution in [1.82, 2.24) is 10.2 Å². The highest BCUT2D eigenvalue weighted by Crippen LogP contribution is 2.27. The molecule has 2 rings (SSSR count). The molecular weight excluding hydrogens is 292 g/mol. The maximum atomic E-state index is 12.3. The third-order valence-electron chi connectivity index (χ3n) is 4.97. The Bertz CT molecular complexity index is 426. The zero-order valence-electron chi connectivity index (χ0n) is 15.1. The second kappa shape index (κ2) is 7.65. The first-order valence-corrected chi connectivity index (χ1v) is 9.03. The van der Waals surface area contributed by atoms with Crippen LogP contribution in [0.3, 0.4) is 0 Å². The van der Waals surface area contributed by atoms with Gasteiger partial charge in [0.25, 0.3) is 0 Å². The lowest BCUT2D eigenvalue weighted by Gasteiger charge is -2.36. The van der Waals surface area contributed by atoms with E-state index in [4.69, 9.17) is 4.74 Å². The van der Waals surface area contributed by atoms with Crippen LogP contribution in [-0.2, 0) is 14.3 Å². The van der Waals surface area contributed by atoms with Crippen LogP contribution in [0, 0.1) is 11.8 Å². The number of ether oxygens (including phenoxy) is 1. The predicted molar refractivity (Wildman–Crippen MR) is 90.0 cm³/mol. The van der Waals surface area contributed by atoms with Gasteiger partial charge in [0.05, 0.1) is 11.7 Å². The number of carbonyl (C=O) groups excluding carboxylic acids is 2. The summed E-state index contributed by atoms with van der Waals surface area (Å²) in [5.74, 6) is 0.380. The van der Waals surface area contributed by atoms with E-state index in [-0.39, 0.29) is 35.4 Å². The zero-order valence-corrected chi connectivity index (χ0v) is 15.1. The zero-order chi connectivity index (χ0) is 17.0. The van der Waals surface area contributed by atoms with Crippen LogP contribution in [-0.4, -0.2) is 48.1 Å². The normalized spacial score (nSPS) is 25.4. The van der Waals surface area contributed by atoms with Gasteiger partial charge in [0.15, 0.2) is 0 Å². The molecule has 0 aliphatic carbocycles. The third-order valence-corrected chi connectivity index (χ3v) is 4.97. The van der Waals surface area contributed by atoms with Gasteiger partial charge < -0.3 is 15.0 Å². The summed E-state index contributed by atoms with van der Waals surface area (Å²) in [6.45, 7) is 10.1. The molecule has 2 heterocycles. The van der Waals surface area contributed by atoms with Gasteiger partial charge in [-0.05, 0) is 46.0 Å². The Morgan fingerprint density at radius 1 is 1.22 bits per heavy atom. The SMILES string of the molecule is CC(C)C(=O)N1CCC(C(=O)NCC2CCCC(C)(C)O2)CC1. The van der Waals surface area contributed by atoms with Gasteiger partial charge >= 0.3 is 0 Å². The quantitative estimate of drug-likeness (QED) is 0.863. The first-order chi connectivity index (χ1) is 10.8. The highest BCUT2D eigenvalue weighted by Gasteiger charge is 2.31. The molecule has 0 bridgehead atoms. The fourth-order valence-corrected chi connectivity index (χ4v) is 3.55. The smallest absolute Gasteiger partial charge is 0.225 e. The summed E-state index contributed by atoms with van der Waals surface area (Å²) >= 11 is 0. The molecule has 2 saturated heterocycles. The Morgan fingerprint density at radius 2 is 1.87 bits per heavy atom. The number of carbonyl (C=O) groups is 2. The van der Waals surface area contributed by atoms with E-state index in [9.17, 15) is 9.59 Å². The first-order valence-electron chi connectivity index (χ1n) is 9.03. The Balaban J connectivity index is 1.72. The highest BCUT2D eigenvalue weighted by molar-refractivity contribution is 5.80. The van der Waals surface area contributed by atoms with Crippen molar-refractivity contribution in [3.05, 3.63) is 0 Å². The summed E-state index contributed by atoms with van der Waals surface area (Å²) in [4.78, 5) is 26.2. The van der Waals surface area contributed by atoms with Crippen LogP contribution >= 0.6 is 0 Å². The lowest BCUT2D eigenvalue weighted by molar-refractivity contribution is -0.138. The molecule has 23 heavy (non-hydrogen) atoms. The second-order valence-electron chi connectivity index (χ2n) is 7.89. The second-order valence-corrected chi connectivity index (χ2v) is 7.89. The number of piperidine rings is 1. The van der Waals surface area contributed by atoms with Gasteiger partial charge in [-0.1, -0.05) is 13.8 Å².